The second kappa shape index (κ2) is 6.60. The smallest absolute Gasteiger partial charge is 0.240 e. The molecular formula is C21H28N2O3. The number of hydrogen-bond donors (Lipinski definition) is 2. The Morgan fingerprint density at radius 1 is 1.15 bits per heavy atom. The summed E-state index contributed by atoms with van der Waals surface area (Å²) in [6.45, 7) is 0. The molecule has 0 spiro atoms. The Bertz CT molecular complexity index is 680. The van der Waals surface area contributed by atoms with Gasteiger partial charge in [-0.15, -0.1) is 0 Å². The molecule has 0 unspecified atom stereocenters. The molecule has 1 aromatic carbocycles. The van der Waals surface area contributed by atoms with Crippen LogP contribution in [0.3, 0.4) is 0 Å². The van der Waals surface area contributed by atoms with Crippen LogP contribution < -0.4 is 15.8 Å². The van der Waals surface area contributed by atoms with Gasteiger partial charge in [0.15, 0.2) is 0 Å². The number of para-hydroxylation sites is 1. The molecule has 1 aromatic rings. The van der Waals surface area contributed by atoms with E-state index in [0.29, 0.717) is 29.9 Å². The Labute approximate surface area is 154 Å². The fourth-order valence-electron chi connectivity index (χ4n) is 6.01. The van der Waals surface area contributed by atoms with Crippen molar-refractivity contribution < 1.29 is 14.3 Å². The molecule has 5 heteroatoms. The van der Waals surface area contributed by atoms with Crippen molar-refractivity contribution in [2.24, 2.45) is 28.9 Å². The molecule has 0 aliphatic heterocycles. The molecule has 5 nitrogen and oxygen atoms in total. The molecule has 140 valence electrons. The van der Waals surface area contributed by atoms with Gasteiger partial charge < -0.3 is 15.8 Å². The van der Waals surface area contributed by atoms with Gasteiger partial charge in [0.05, 0.1) is 7.11 Å². The highest BCUT2D eigenvalue weighted by atomic mass is 16.5. The Kier molecular flexibility index (Phi) is 4.41. The first-order valence-corrected chi connectivity index (χ1v) is 9.71. The third-order valence-electron chi connectivity index (χ3n) is 6.79. The van der Waals surface area contributed by atoms with Gasteiger partial charge in [0, 0.05) is 11.8 Å². The van der Waals surface area contributed by atoms with Crippen molar-refractivity contribution in [3.8, 4) is 5.75 Å². The van der Waals surface area contributed by atoms with Gasteiger partial charge in [-0.05, 0) is 67.9 Å². The van der Waals surface area contributed by atoms with Crippen molar-refractivity contribution in [2.75, 3.05) is 7.11 Å². The minimum absolute atomic E-state index is 0.0373. The molecule has 26 heavy (non-hydrogen) atoms. The van der Waals surface area contributed by atoms with E-state index < -0.39 is 11.9 Å². The zero-order valence-electron chi connectivity index (χ0n) is 15.4. The predicted molar refractivity (Wildman–Crippen MR) is 98.4 cm³/mol. The number of rotatable bonds is 6. The number of amides is 2. The lowest BCUT2D eigenvalue weighted by molar-refractivity contribution is -0.148. The van der Waals surface area contributed by atoms with Crippen molar-refractivity contribution in [2.45, 2.75) is 51.0 Å². The number of hydrogen-bond acceptors (Lipinski definition) is 3. The number of methoxy groups -OCH3 is 1. The molecule has 4 saturated carbocycles. The van der Waals surface area contributed by atoms with Gasteiger partial charge in [-0.2, -0.15) is 0 Å². The zero-order chi connectivity index (χ0) is 18.3. The van der Waals surface area contributed by atoms with Crippen LogP contribution in [0.4, 0.5) is 0 Å². The Hall–Kier alpha value is -2.04. The molecule has 0 saturated heterocycles. The normalized spacial score (nSPS) is 32.9. The number of nitrogens with one attached hydrogen (secondary N) is 1. The van der Waals surface area contributed by atoms with Crippen molar-refractivity contribution >= 4 is 11.8 Å². The molecule has 4 aliphatic carbocycles. The lowest BCUT2D eigenvalue weighted by atomic mass is 9.49. The number of carbonyl (C=O) groups is 2. The van der Waals surface area contributed by atoms with Gasteiger partial charge in [-0.1, -0.05) is 18.2 Å². The van der Waals surface area contributed by atoms with E-state index in [1.807, 2.05) is 24.3 Å². The molecule has 0 heterocycles. The van der Waals surface area contributed by atoms with Crippen LogP contribution in [0.5, 0.6) is 5.75 Å². The fourth-order valence-corrected chi connectivity index (χ4v) is 6.01. The second-order valence-electron chi connectivity index (χ2n) is 8.64. The van der Waals surface area contributed by atoms with E-state index in [4.69, 9.17) is 10.5 Å². The number of benzene rings is 1. The highest BCUT2D eigenvalue weighted by molar-refractivity contribution is 5.90. The monoisotopic (exact) mass is 356 g/mol. The van der Waals surface area contributed by atoms with Gasteiger partial charge in [0.2, 0.25) is 11.8 Å². The third-order valence-corrected chi connectivity index (χ3v) is 6.79. The number of carbonyl (C=O) groups excluding carboxylic acids is 2. The van der Waals surface area contributed by atoms with Crippen LogP contribution in [0, 0.1) is 23.2 Å². The third kappa shape index (κ3) is 3.08. The highest BCUT2D eigenvalue weighted by Crippen LogP contribution is 2.60. The molecule has 0 radical (unpaired) electrons. The molecule has 4 aliphatic rings. The van der Waals surface area contributed by atoms with Crippen LogP contribution >= 0.6 is 0 Å². The highest BCUT2D eigenvalue weighted by Gasteiger charge is 2.54. The molecule has 1 atom stereocenters. The lowest BCUT2D eigenvalue weighted by Crippen LogP contribution is -2.57. The van der Waals surface area contributed by atoms with Crippen molar-refractivity contribution in [3.05, 3.63) is 29.8 Å². The predicted octanol–water partition coefficient (Wildman–Crippen LogP) is 2.42. The SMILES string of the molecule is COc1ccccc1C[C@@H](NC(=O)C12CC3CC(CC(C3)C1)C2)C(N)=O. The van der Waals surface area contributed by atoms with Gasteiger partial charge >= 0.3 is 0 Å². The van der Waals surface area contributed by atoms with Crippen LogP contribution in [0.25, 0.3) is 0 Å². The van der Waals surface area contributed by atoms with Crippen LogP contribution in [0.1, 0.15) is 44.1 Å². The quantitative estimate of drug-likeness (QED) is 0.821. The summed E-state index contributed by atoms with van der Waals surface area (Å²) in [7, 11) is 1.60. The van der Waals surface area contributed by atoms with E-state index in [9.17, 15) is 9.59 Å². The number of nitrogens with two attached hydrogens (primary N) is 1. The van der Waals surface area contributed by atoms with Crippen molar-refractivity contribution in [3.63, 3.8) is 0 Å². The maximum atomic E-state index is 13.2. The summed E-state index contributed by atoms with van der Waals surface area (Å²) in [5.74, 6) is 2.32. The molecular weight excluding hydrogens is 328 g/mol. The summed E-state index contributed by atoms with van der Waals surface area (Å²) in [4.78, 5) is 25.2. The summed E-state index contributed by atoms with van der Waals surface area (Å²) in [5, 5.41) is 3.00. The summed E-state index contributed by atoms with van der Waals surface area (Å²) in [6.07, 6.45) is 7.14. The standard InChI is InChI=1S/C21H28N2O3/c1-26-18-5-3-2-4-16(18)9-17(19(22)24)23-20(25)21-10-13-6-14(11-21)8-15(7-13)12-21/h2-5,13-15,17H,6-12H2,1H3,(H2,22,24)(H,23,25)/t13?,14?,15?,17-,21?/m1/s1. The Morgan fingerprint density at radius 2 is 1.73 bits per heavy atom. The molecule has 4 bridgehead atoms. The summed E-state index contributed by atoms with van der Waals surface area (Å²) in [5.41, 5.74) is 6.23. The Morgan fingerprint density at radius 3 is 2.27 bits per heavy atom. The summed E-state index contributed by atoms with van der Waals surface area (Å²) >= 11 is 0. The van der Waals surface area contributed by atoms with E-state index >= 15 is 0 Å². The minimum Gasteiger partial charge on any atom is -0.496 e. The van der Waals surface area contributed by atoms with Gasteiger partial charge in [-0.3, -0.25) is 9.59 Å². The molecule has 5 rings (SSSR count). The van der Waals surface area contributed by atoms with Crippen LogP contribution in [0.15, 0.2) is 24.3 Å². The fraction of sp³-hybridized carbons (Fsp3) is 0.619. The van der Waals surface area contributed by atoms with E-state index in [0.717, 1.165) is 24.8 Å². The average Bonchev–Trinajstić information content (AvgIpc) is 2.60. The Balaban J connectivity index is 1.50. The largest absolute Gasteiger partial charge is 0.496 e. The van der Waals surface area contributed by atoms with Gasteiger partial charge in [-0.25, -0.2) is 0 Å². The first-order valence-electron chi connectivity index (χ1n) is 9.71. The zero-order valence-corrected chi connectivity index (χ0v) is 15.4. The summed E-state index contributed by atoms with van der Waals surface area (Å²) in [6, 6.07) is 6.85. The number of primary amides is 1. The molecule has 3 N–H and O–H groups in total. The van der Waals surface area contributed by atoms with Gasteiger partial charge in [0.1, 0.15) is 11.8 Å². The molecule has 4 fully saturated rings. The minimum atomic E-state index is -0.702. The van der Waals surface area contributed by atoms with Crippen molar-refractivity contribution in [1.82, 2.24) is 5.32 Å². The van der Waals surface area contributed by atoms with E-state index in [1.165, 1.54) is 19.3 Å². The first-order chi connectivity index (χ1) is 12.5. The van der Waals surface area contributed by atoms with Crippen LogP contribution in [0.2, 0.25) is 0 Å². The molecule has 0 aromatic heterocycles. The maximum Gasteiger partial charge on any atom is 0.240 e. The number of ether oxygens (including phenoxy) is 1. The summed E-state index contributed by atoms with van der Waals surface area (Å²) < 4.78 is 5.37. The van der Waals surface area contributed by atoms with E-state index in [2.05, 4.69) is 5.32 Å². The van der Waals surface area contributed by atoms with E-state index in [-0.39, 0.29) is 11.3 Å². The van der Waals surface area contributed by atoms with Crippen LogP contribution in [-0.4, -0.2) is 25.0 Å². The topological polar surface area (TPSA) is 81.4 Å². The van der Waals surface area contributed by atoms with Gasteiger partial charge in [0.25, 0.3) is 0 Å². The average molecular weight is 356 g/mol. The van der Waals surface area contributed by atoms with E-state index in [1.54, 1.807) is 7.11 Å². The second-order valence-corrected chi connectivity index (χ2v) is 8.64. The maximum absolute atomic E-state index is 13.2. The lowest BCUT2D eigenvalue weighted by Gasteiger charge is -2.55. The van der Waals surface area contributed by atoms with Crippen molar-refractivity contribution in [1.29, 1.82) is 0 Å². The van der Waals surface area contributed by atoms with Crippen LogP contribution in [-0.2, 0) is 16.0 Å². The molecule has 2 amide bonds. The first kappa shape index (κ1) is 17.4.